The molecule has 0 fully saturated rings. The molecule has 0 bridgehead atoms. The molecule has 0 aromatic heterocycles. The van der Waals surface area contributed by atoms with Crippen molar-refractivity contribution in [3.8, 4) is 0 Å². The maximum atomic E-state index is 14.5. The van der Waals surface area contributed by atoms with E-state index in [4.69, 9.17) is 0 Å². The minimum Gasteiger partial charge on any atom is -0.206 e. The lowest BCUT2D eigenvalue weighted by molar-refractivity contribution is -0.272. The summed E-state index contributed by atoms with van der Waals surface area (Å²) in [4.78, 5) is 0. The molecule has 2 unspecified atom stereocenters. The number of halogens is 6. The van der Waals surface area contributed by atoms with Crippen molar-refractivity contribution >= 4 is 10.0 Å². The molecule has 0 aromatic carbocycles. The fourth-order valence-corrected chi connectivity index (χ4v) is 4.90. The molecule has 0 rings (SSSR count). The Kier molecular flexibility index (Phi) is 11.7. The number of sulfonamides is 1. The highest BCUT2D eigenvalue weighted by Gasteiger charge is 2.76. The van der Waals surface area contributed by atoms with Gasteiger partial charge in [0.25, 0.3) is 10.0 Å². The van der Waals surface area contributed by atoms with Crippen LogP contribution in [-0.2, 0) is 10.0 Å². The minimum absolute atomic E-state index is 0.324. The van der Waals surface area contributed by atoms with E-state index >= 15 is 0 Å². The van der Waals surface area contributed by atoms with E-state index in [1.165, 1.54) is 0 Å². The zero-order chi connectivity index (χ0) is 23.8. The first-order valence-corrected chi connectivity index (χ1v) is 12.2. The fraction of sp³-hybridized carbons (Fsp3) is 1.00. The van der Waals surface area contributed by atoms with Gasteiger partial charge in [-0.3, -0.25) is 0 Å². The summed E-state index contributed by atoms with van der Waals surface area (Å²) < 4.78 is 109. The second kappa shape index (κ2) is 11.9. The Morgan fingerprint density at radius 2 is 1.13 bits per heavy atom. The van der Waals surface area contributed by atoms with E-state index in [2.05, 4.69) is 0 Å². The van der Waals surface area contributed by atoms with Gasteiger partial charge in [-0.2, -0.15) is 30.6 Å². The molecular formula is C20H37F6NO2S. The molecule has 0 N–H and O–H groups in total. The third-order valence-corrected chi connectivity index (χ3v) is 7.47. The van der Waals surface area contributed by atoms with Crippen molar-refractivity contribution in [2.45, 2.75) is 103 Å². The van der Waals surface area contributed by atoms with Gasteiger partial charge in [0.15, 0.2) is 0 Å². The Hall–Kier alpha value is -0.510. The van der Waals surface area contributed by atoms with Crippen LogP contribution in [0.3, 0.4) is 0 Å². The smallest absolute Gasteiger partial charge is 0.206 e. The van der Waals surface area contributed by atoms with Crippen LogP contribution in [0.1, 0.15) is 86.0 Å². The van der Waals surface area contributed by atoms with Gasteiger partial charge in [-0.1, -0.05) is 66.2 Å². The molecule has 2 atom stereocenters. The highest BCUT2D eigenvalue weighted by molar-refractivity contribution is 7.90. The van der Waals surface area contributed by atoms with Gasteiger partial charge in [-0.25, -0.2) is 8.42 Å². The van der Waals surface area contributed by atoms with Crippen molar-refractivity contribution in [2.24, 2.45) is 11.8 Å². The van der Waals surface area contributed by atoms with E-state index in [0.717, 1.165) is 25.7 Å². The Labute approximate surface area is 177 Å². The maximum absolute atomic E-state index is 14.5. The lowest BCUT2D eigenvalue weighted by Gasteiger charge is -2.36. The zero-order valence-electron chi connectivity index (χ0n) is 18.7. The molecule has 3 nitrogen and oxygen atoms in total. The van der Waals surface area contributed by atoms with Gasteiger partial charge in [0.2, 0.25) is 0 Å². The van der Waals surface area contributed by atoms with Crippen molar-refractivity contribution in [3.05, 3.63) is 0 Å². The van der Waals surface area contributed by atoms with E-state index in [1.54, 1.807) is 13.8 Å². The Morgan fingerprint density at radius 3 is 1.40 bits per heavy atom. The Bertz CT molecular complexity index is 575. The molecule has 0 aromatic rings. The predicted molar refractivity (Wildman–Crippen MR) is 108 cm³/mol. The van der Waals surface area contributed by atoms with Crippen LogP contribution in [0.5, 0.6) is 0 Å². The van der Waals surface area contributed by atoms with Crippen LogP contribution >= 0.6 is 0 Å². The second-order valence-electron chi connectivity index (χ2n) is 8.13. The summed E-state index contributed by atoms with van der Waals surface area (Å²) in [6, 6.07) is 0. The van der Waals surface area contributed by atoms with Crippen LogP contribution in [0.2, 0.25) is 0 Å². The zero-order valence-corrected chi connectivity index (χ0v) is 19.5. The lowest BCUT2D eigenvalue weighted by Crippen LogP contribution is -2.60. The minimum atomic E-state index is -6.03. The molecule has 0 saturated carbocycles. The molecule has 10 heteroatoms. The van der Waals surface area contributed by atoms with Gasteiger partial charge in [0.1, 0.15) is 0 Å². The van der Waals surface area contributed by atoms with Crippen LogP contribution < -0.4 is 0 Å². The van der Waals surface area contributed by atoms with Gasteiger partial charge in [0.05, 0.1) is 0 Å². The number of hydrogen-bond donors (Lipinski definition) is 0. The van der Waals surface area contributed by atoms with Gasteiger partial charge < -0.3 is 0 Å². The van der Waals surface area contributed by atoms with Crippen molar-refractivity contribution < 1.29 is 34.8 Å². The quantitative estimate of drug-likeness (QED) is 0.230. The maximum Gasteiger partial charge on any atom is 0.427 e. The van der Waals surface area contributed by atoms with Crippen LogP contribution in [0.25, 0.3) is 0 Å². The lowest BCUT2D eigenvalue weighted by atomic mass is 9.97. The second-order valence-corrected chi connectivity index (χ2v) is 10.1. The Morgan fingerprint density at radius 1 is 0.767 bits per heavy atom. The van der Waals surface area contributed by atoms with Crippen molar-refractivity contribution in [1.82, 2.24) is 4.31 Å². The number of nitrogens with zero attached hydrogens (tertiary/aromatic N) is 1. The molecule has 0 spiro atoms. The molecule has 30 heavy (non-hydrogen) atoms. The molecule has 0 aliphatic carbocycles. The first-order chi connectivity index (χ1) is 13.6. The summed E-state index contributed by atoms with van der Waals surface area (Å²) in [6.07, 6.45) is 5.04. The summed E-state index contributed by atoms with van der Waals surface area (Å²) in [5, 5.41) is -5.93. The monoisotopic (exact) mass is 469 g/mol. The molecule has 0 heterocycles. The fourth-order valence-electron chi connectivity index (χ4n) is 3.26. The average molecular weight is 470 g/mol. The molecule has 0 saturated heterocycles. The number of alkyl halides is 6. The average Bonchev–Trinajstić information content (AvgIpc) is 2.65. The molecular weight excluding hydrogens is 432 g/mol. The first kappa shape index (κ1) is 29.5. The van der Waals surface area contributed by atoms with E-state index < -0.39 is 34.0 Å². The highest BCUT2D eigenvalue weighted by atomic mass is 32.2. The first-order valence-electron chi connectivity index (χ1n) is 10.8. The summed E-state index contributed by atoms with van der Waals surface area (Å²) in [5.74, 6) is -11.9. The van der Waals surface area contributed by atoms with Crippen LogP contribution in [0.4, 0.5) is 26.3 Å². The SMILES string of the molecule is CCCCC(CC)CN(CC(CC)CCCC)S(=O)(=O)C(F)(F)C(F)(F)C(C)(F)F. The van der Waals surface area contributed by atoms with Gasteiger partial charge in [-0.05, 0) is 24.7 Å². The summed E-state index contributed by atoms with van der Waals surface area (Å²) in [5.41, 5.74) is 0. The van der Waals surface area contributed by atoms with E-state index in [9.17, 15) is 34.8 Å². The molecule has 182 valence electrons. The number of unbranched alkanes of at least 4 members (excludes halogenated alkanes) is 2. The summed E-state index contributed by atoms with van der Waals surface area (Å²) in [7, 11) is -6.03. The van der Waals surface area contributed by atoms with Crippen molar-refractivity contribution in [1.29, 1.82) is 0 Å². The van der Waals surface area contributed by atoms with Crippen LogP contribution in [0, 0.1) is 11.8 Å². The van der Waals surface area contributed by atoms with Crippen molar-refractivity contribution in [3.63, 3.8) is 0 Å². The predicted octanol–water partition coefficient (Wildman–Crippen LogP) is 6.93. The largest absolute Gasteiger partial charge is 0.427 e. The molecule has 0 aliphatic heterocycles. The van der Waals surface area contributed by atoms with E-state index in [0.29, 0.717) is 30.0 Å². The Balaban J connectivity index is 6.11. The summed E-state index contributed by atoms with van der Waals surface area (Å²) in [6.45, 7) is 6.17. The van der Waals surface area contributed by atoms with E-state index in [1.807, 2.05) is 13.8 Å². The van der Waals surface area contributed by atoms with Crippen molar-refractivity contribution in [2.75, 3.05) is 13.1 Å². The third kappa shape index (κ3) is 7.00. The molecule has 0 amide bonds. The topological polar surface area (TPSA) is 37.4 Å². The summed E-state index contributed by atoms with van der Waals surface area (Å²) >= 11 is 0. The standard InChI is InChI=1S/C20H37F6NO2S/c1-6-10-12-16(8-3)14-27(15-17(9-4)13-11-7-2)30(28,29)20(25,26)19(23,24)18(5,21)22/h16-17H,6-15H2,1-5H3. The van der Waals surface area contributed by atoms with Crippen LogP contribution in [0.15, 0.2) is 0 Å². The van der Waals surface area contributed by atoms with Gasteiger partial charge >= 0.3 is 17.1 Å². The molecule has 0 aliphatic rings. The highest BCUT2D eigenvalue weighted by Crippen LogP contribution is 2.49. The third-order valence-electron chi connectivity index (χ3n) is 5.59. The van der Waals surface area contributed by atoms with Gasteiger partial charge in [0, 0.05) is 20.0 Å². The van der Waals surface area contributed by atoms with Crippen LogP contribution in [-0.4, -0.2) is 42.9 Å². The molecule has 0 radical (unpaired) electrons. The number of hydrogen-bond acceptors (Lipinski definition) is 2. The van der Waals surface area contributed by atoms with E-state index in [-0.39, 0.29) is 24.9 Å². The van der Waals surface area contributed by atoms with Gasteiger partial charge in [-0.15, -0.1) is 0 Å². The number of rotatable bonds is 16. The normalized spacial score (nSPS) is 16.1.